The summed E-state index contributed by atoms with van der Waals surface area (Å²) in [6, 6.07) is 45.5. The van der Waals surface area contributed by atoms with Gasteiger partial charge in [0.2, 0.25) is 0 Å². The SMILES string of the molecule is [2H]c1c([2H])c([2H])c2c(c1[2H])-c1c([2H])c([2H])c([2H])c([2H])c1[Si]2(c1ccccc1)c1cccc(N(c2ccc3c(c2)C(C)(C)c2ccccc2-3)c2ccc3c(c2)C(C)(C)c2ccccc2-3)c1. The minimum absolute atomic E-state index is 0.145. The third kappa shape index (κ3) is 4.42. The van der Waals surface area contributed by atoms with Crippen LogP contribution in [-0.2, 0) is 10.8 Å². The van der Waals surface area contributed by atoms with E-state index in [1.807, 2.05) is 42.5 Å². The molecule has 8 aromatic carbocycles. The highest BCUT2D eigenvalue weighted by molar-refractivity contribution is 7.22. The first-order valence-corrected chi connectivity index (χ1v) is 21.3. The van der Waals surface area contributed by atoms with Crippen molar-refractivity contribution < 1.29 is 11.0 Å². The Labute approximate surface area is 342 Å². The van der Waals surface area contributed by atoms with Gasteiger partial charge < -0.3 is 4.90 Å². The minimum Gasteiger partial charge on any atom is -0.310 e. The Balaban J connectivity index is 1.22. The van der Waals surface area contributed by atoms with E-state index in [1.54, 1.807) is 0 Å². The maximum absolute atomic E-state index is 9.64. The van der Waals surface area contributed by atoms with Crippen molar-refractivity contribution in [2.75, 3.05) is 4.90 Å². The summed E-state index contributed by atoms with van der Waals surface area (Å²) in [6.45, 7) is 9.09. The summed E-state index contributed by atoms with van der Waals surface area (Å²) in [5, 5.41) is 2.16. The molecule has 56 heavy (non-hydrogen) atoms. The van der Waals surface area contributed by atoms with E-state index in [4.69, 9.17) is 5.48 Å². The normalized spacial score (nSPS) is 17.6. The highest BCUT2D eigenvalue weighted by atomic mass is 28.3. The van der Waals surface area contributed by atoms with Gasteiger partial charge in [-0.1, -0.05) is 179 Å². The molecule has 3 aliphatic rings. The van der Waals surface area contributed by atoms with Gasteiger partial charge in [0.1, 0.15) is 0 Å². The van der Waals surface area contributed by atoms with Crippen LogP contribution in [0.1, 0.15) is 60.9 Å². The van der Waals surface area contributed by atoms with Crippen molar-refractivity contribution in [3.63, 3.8) is 0 Å². The molecule has 2 aliphatic carbocycles. The van der Waals surface area contributed by atoms with Gasteiger partial charge in [-0.25, -0.2) is 0 Å². The maximum atomic E-state index is 9.64. The van der Waals surface area contributed by atoms with Crippen molar-refractivity contribution in [2.24, 2.45) is 0 Å². The molecule has 1 nitrogen and oxygen atoms in total. The molecule has 268 valence electrons. The number of hydrogen-bond acceptors (Lipinski definition) is 1. The van der Waals surface area contributed by atoms with E-state index in [0.717, 1.165) is 27.4 Å². The molecule has 0 radical (unpaired) electrons. The number of fused-ring (bicyclic) bond motifs is 9. The van der Waals surface area contributed by atoms with Crippen molar-refractivity contribution in [1.29, 1.82) is 0 Å². The second-order valence-electron chi connectivity index (χ2n) is 16.3. The quantitative estimate of drug-likeness (QED) is 0.159. The first-order valence-electron chi connectivity index (χ1n) is 23.3. The summed E-state index contributed by atoms with van der Waals surface area (Å²) in [5.74, 6) is 0. The van der Waals surface area contributed by atoms with Gasteiger partial charge in [0, 0.05) is 27.9 Å². The summed E-state index contributed by atoms with van der Waals surface area (Å²) >= 11 is 0. The maximum Gasteiger partial charge on any atom is 0.180 e. The van der Waals surface area contributed by atoms with Crippen molar-refractivity contribution in [3.8, 4) is 33.4 Å². The number of anilines is 3. The van der Waals surface area contributed by atoms with Crippen LogP contribution in [0, 0.1) is 0 Å². The predicted octanol–water partition coefficient (Wildman–Crippen LogP) is 11.1. The summed E-state index contributed by atoms with van der Waals surface area (Å²) in [6.07, 6.45) is 0. The van der Waals surface area contributed by atoms with Crippen molar-refractivity contribution in [1.82, 2.24) is 0 Å². The second-order valence-corrected chi connectivity index (χ2v) is 20.0. The van der Waals surface area contributed by atoms with Crippen LogP contribution in [0.5, 0.6) is 0 Å². The van der Waals surface area contributed by atoms with Gasteiger partial charge >= 0.3 is 0 Å². The van der Waals surface area contributed by atoms with Crippen LogP contribution < -0.4 is 25.6 Å². The topological polar surface area (TPSA) is 3.24 Å². The lowest BCUT2D eigenvalue weighted by Gasteiger charge is -2.33. The van der Waals surface area contributed by atoms with Crippen molar-refractivity contribution in [2.45, 2.75) is 38.5 Å². The van der Waals surface area contributed by atoms with Gasteiger partial charge in [-0.2, -0.15) is 0 Å². The van der Waals surface area contributed by atoms with E-state index < -0.39 is 32.2 Å². The zero-order valence-electron chi connectivity index (χ0n) is 39.7. The summed E-state index contributed by atoms with van der Waals surface area (Å²) in [4.78, 5) is 2.27. The molecular weight excluding hydrogens is 691 g/mol. The molecule has 0 saturated heterocycles. The zero-order chi connectivity index (χ0) is 44.8. The van der Waals surface area contributed by atoms with Crippen molar-refractivity contribution in [3.05, 3.63) is 210 Å². The van der Waals surface area contributed by atoms with E-state index in [0.29, 0.717) is 10.4 Å². The Kier molecular flexibility index (Phi) is 5.47. The summed E-state index contributed by atoms with van der Waals surface area (Å²) < 4.78 is 73.6. The number of nitrogens with zero attached hydrogens (tertiary/aromatic N) is 1. The fourth-order valence-corrected chi connectivity index (χ4v) is 14.9. The Morgan fingerprint density at radius 2 is 0.839 bits per heavy atom. The molecule has 8 aromatic rings. The third-order valence-corrected chi connectivity index (χ3v) is 17.4. The highest BCUT2D eigenvalue weighted by Gasteiger charge is 2.48. The minimum atomic E-state index is -3.98. The lowest BCUT2D eigenvalue weighted by atomic mass is 9.82. The summed E-state index contributed by atoms with van der Waals surface area (Å²) in [7, 11) is -3.98. The molecule has 0 fully saturated rings. The van der Waals surface area contributed by atoms with Gasteiger partial charge in [0.05, 0.1) is 11.0 Å². The van der Waals surface area contributed by atoms with Crippen LogP contribution in [0.4, 0.5) is 17.1 Å². The van der Waals surface area contributed by atoms with E-state index in [9.17, 15) is 5.48 Å². The van der Waals surface area contributed by atoms with Crippen LogP contribution in [-0.4, -0.2) is 8.07 Å². The fourth-order valence-electron chi connectivity index (χ4n) is 10.1. The number of benzene rings is 8. The van der Waals surface area contributed by atoms with E-state index in [1.165, 1.54) is 44.5 Å². The molecule has 0 aromatic heterocycles. The van der Waals surface area contributed by atoms with Gasteiger partial charge in [0.25, 0.3) is 0 Å². The van der Waals surface area contributed by atoms with Crippen LogP contribution in [0.15, 0.2) is 188 Å². The van der Waals surface area contributed by atoms with E-state index >= 15 is 0 Å². The molecule has 0 bridgehead atoms. The van der Waals surface area contributed by atoms with Gasteiger partial charge in [-0.05, 0) is 113 Å². The molecule has 0 unspecified atom stereocenters. The fraction of sp³-hybridized carbons (Fsp3) is 0.111. The molecule has 2 heteroatoms. The van der Waals surface area contributed by atoms with Gasteiger partial charge in [0.15, 0.2) is 8.07 Å². The van der Waals surface area contributed by atoms with Crippen LogP contribution in [0.3, 0.4) is 0 Å². The number of hydrogen-bond donors (Lipinski definition) is 0. The molecule has 0 spiro atoms. The molecule has 1 heterocycles. The largest absolute Gasteiger partial charge is 0.310 e. The molecule has 0 saturated carbocycles. The Bertz CT molecular complexity index is 3160. The van der Waals surface area contributed by atoms with E-state index in [2.05, 4.69) is 130 Å². The van der Waals surface area contributed by atoms with Gasteiger partial charge in [-0.15, -0.1) is 0 Å². The predicted molar refractivity (Wildman–Crippen MR) is 239 cm³/mol. The smallest absolute Gasteiger partial charge is 0.180 e. The molecular formula is C54H43NSi. The Morgan fingerprint density at radius 3 is 1.39 bits per heavy atom. The number of rotatable bonds is 5. The average molecular weight is 742 g/mol. The first kappa shape index (κ1) is 25.8. The lowest BCUT2D eigenvalue weighted by Crippen LogP contribution is -2.72. The highest BCUT2D eigenvalue weighted by Crippen LogP contribution is 2.53. The second kappa shape index (κ2) is 11.9. The van der Waals surface area contributed by atoms with Gasteiger partial charge in [-0.3, -0.25) is 0 Å². The average Bonchev–Trinajstić information content (AvgIpc) is 3.85. The molecule has 1 aliphatic heterocycles. The molecule has 11 rings (SSSR count). The third-order valence-electron chi connectivity index (χ3n) is 12.8. The monoisotopic (exact) mass is 741 g/mol. The lowest BCUT2D eigenvalue weighted by molar-refractivity contribution is 0.660. The van der Waals surface area contributed by atoms with Crippen LogP contribution >= 0.6 is 0 Å². The Morgan fingerprint density at radius 1 is 0.393 bits per heavy atom. The standard InChI is InChI=1S/C54H43NSi/c1-53(2)47-25-12-8-21-41(47)43-31-29-37(34-49(43)53)55(38-30-32-44-42-22-9-13-26-48(42)54(3,4)50(44)35-38)36-17-16-20-40(33-36)56(39-18-6-5-7-19-39)51-27-14-10-23-45(51)46-24-11-15-28-52(46)56/h5-35H,1-4H3/i10D,11D,14D,15D,23D,24D,27D,28D. The zero-order valence-corrected chi connectivity index (χ0v) is 32.7. The first-order chi connectivity index (χ1) is 30.6. The van der Waals surface area contributed by atoms with Crippen LogP contribution in [0.25, 0.3) is 33.4 Å². The van der Waals surface area contributed by atoms with Crippen LogP contribution in [0.2, 0.25) is 0 Å². The Hall–Kier alpha value is -6.22. The molecule has 0 amide bonds. The summed E-state index contributed by atoms with van der Waals surface area (Å²) in [5.41, 5.74) is 12.2. The molecule has 0 atom stereocenters. The van der Waals surface area contributed by atoms with Crippen molar-refractivity contribution >= 4 is 45.9 Å². The molecule has 0 N–H and O–H groups in total. The van der Waals surface area contributed by atoms with E-state index in [-0.39, 0.29) is 46.1 Å².